The number of carbonyl (C=O) groups is 1. The quantitative estimate of drug-likeness (QED) is 0.774. The summed E-state index contributed by atoms with van der Waals surface area (Å²) in [5, 5.41) is 20.3. The van der Waals surface area contributed by atoms with Crippen LogP contribution in [-0.2, 0) is 7.05 Å². The van der Waals surface area contributed by atoms with Crippen LogP contribution in [0.5, 0.6) is 5.75 Å². The van der Waals surface area contributed by atoms with Crippen LogP contribution in [0.1, 0.15) is 36.8 Å². The number of amides is 2. The highest BCUT2D eigenvalue weighted by Crippen LogP contribution is 2.32. The van der Waals surface area contributed by atoms with E-state index in [0.29, 0.717) is 24.3 Å². The molecule has 1 heterocycles. The van der Waals surface area contributed by atoms with E-state index in [2.05, 4.69) is 20.7 Å². The van der Waals surface area contributed by atoms with Crippen molar-refractivity contribution in [2.75, 3.05) is 12.4 Å². The topological polar surface area (TPSA) is 101 Å². The molecule has 8 heteroatoms. The lowest BCUT2D eigenvalue weighted by Crippen LogP contribution is -2.48. The Balaban J connectivity index is 1.63. The molecule has 0 saturated heterocycles. The molecule has 1 aromatic heterocycles. The summed E-state index contributed by atoms with van der Waals surface area (Å²) in [6.07, 6.45) is 1.49. The van der Waals surface area contributed by atoms with Gasteiger partial charge < -0.3 is 20.5 Å². The van der Waals surface area contributed by atoms with Crippen LogP contribution < -0.4 is 15.4 Å². The highest BCUT2D eigenvalue weighted by Gasteiger charge is 2.33. The van der Waals surface area contributed by atoms with Crippen molar-refractivity contribution >= 4 is 11.7 Å². The molecule has 0 aliphatic heterocycles. The van der Waals surface area contributed by atoms with E-state index in [1.807, 2.05) is 14.0 Å². The third kappa shape index (κ3) is 4.13. The summed E-state index contributed by atoms with van der Waals surface area (Å²) in [6.45, 7) is 1.86. The molecule has 0 bridgehead atoms. The SMILES string of the molecule is COc1cccc(NC(=O)N[C@@H]2C[C@@H](c3nc(C)nn3C)CC[C@H]2O)c1. The highest BCUT2D eigenvalue weighted by atomic mass is 16.5. The van der Waals surface area contributed by atoms with Gasteiger partial charge in [-0.3, -0.25) is 4.68 Å². The number of aromatic nitrogens is 3. The van der Waals surface area contributed by atoms with Gasteiger partial charge in [-0.25, -0.2) is 9.78 Å². The minimum atomic E-state index is -0.573. The van der Waals surface area contributed by atoms with E-state index in [1.165, 1.54) is 0 Å². The van der Waals surface area contributed by atoms with Crippen LogP contribution in [0.25, 0.3) is 0 Å². The van der Waals surface area contributed by atoms with Crippen molar-refractivity contribution in [3.05, 3.63) is 35.9 Å². The van der Waals surface area contributed by atoms with Gasteiger partial charge in [0.25, 0.3) is 0 Å². The molecule has 0 radical (unpaired) electrons. The van der Waals surface area contributed by atoms with Gasteiger partial charge in [0, 0.05) is 24.7 Å². The summed E-state index contributed by atoms with van der Waals surface area (Å²) < 4.78 is 6.94. The number of aliphatic hydroxyl groups is 1. The van der Waals surface area contributed by atoms with Crippen molar-refractivity contribution in [1.29, 1.82) is 0 Å². The molecule has 1 aromatic carbocycles. The van der Waals surface area contributed by atoms with Gasteiger partial charge in [0.1, 0.15) is 17.4 Å². The number of hydrogen-bond acceptors (Lipinski definition) is 5. The summed E-state index contributed by atoms with van der Waals surface area (Å²) in [6, 6.07) is 6.44. The number of urea groups is 1. The minimum absolute atomic E-state index is 0.159. The maximum Gasteiger partial charge on any atom is 0.319 e. The number of aliphatic hydroxyl groups excluding tert-OH is 1. The summed E-state index contributed by atoms with van der Waals surface area (Å²) in [4.78, 5) is 16.8. The highest BCUT2D eigenvalue weighted by molar-refractivity contribution is 5.89. The van der Waals surface area contributed by atoms with Gasteiger partial charge >= 0.3 is 6.03 Å². The Labute approximate surface area is 152 Å². The van der Waals surface area contributed by atoms with Crippen LogP contribution in [-0.4, -0.2) is 45.2 Å². The number of nitrogens with zero attached hydrogens (tertiary/aromatic N) is 3. The molecule has 3 N–H and O–H groups in total. The molecule has 2 amide bonds. The van der Waals surface area contributed by atoms with Crippen LogP contribution in [0.3, 0.4) is 0 Å². The zero-order valence-electron chi connectivity index (χ0n) is 15.3. The smallest absolute Gasteiger partial charge is 0.319 e. The van der Waals surface area contributed by atoms with E-state index in [9.17, 15) is 9.90 Å². The van der Waals surface area contributed by atoms with Crippen LogP contribution in [0.4, 0.5) is 10.5 Å². The molecule has 1 aliphatic rings. The lowest BCUT2D eigenvalue weighted by molar-refractivity contribution is 0.0862. The molecule has 3 atom stereocenters. The third-order valence-electron chi connectivity index (χ3n) is 4.73. The largest absolute Gasteiger partial charge is 0.497 e. The first-order valence-corrected chi connectivity index (χ1v) is 8.73. The molecule has 3 rings (SSSR count). The Hall–Kier alpha value is -2.61. The first-order chi connectivity index (χ1) is 12.5. The van der Waals surface area contributed by atoms with Crippen LogP contribution in [0, 0.1) is 6.92 Å². The second kappa shape index (κ2) is 7.74. The Bertz CT molecular complexity index is 776. The number of carbonyl (C=O) groups excluding carboxylic acids is 1. The third-order valence-corrected chi connectivity index (χ3v) is 4.73. The lowest BCUT2D eigenvalue weighted by atomic mass is 9.83. The number of rotatable bonds is 4. The Kier molecular flexibility index (Phi) is 5.41. The normalized spacial score (nSPS) is 22.7. The van der Waals surface area contributed by atoms with E-state index in [-0.39, 0.29) is 18.0 Å². The molecule has 0 spiro atoms. The molecule has 2 aromatic rings. The van der Waals surface area contributed by atoms with E-state index < -0.39 is 6.10 Å². The molecule has 26 heavy (non-hydrogen) atoms. The van der Waals surface area contributed by atoms with Crippen LogP contribution in [0.15, 0.2) is 24.3 Å². The fraction of sp³-hybridized carbons (Fsp3) is 0.500. The van der Waals surface area contributed by atoms with E-state index in [4.69, 9.17) is 4.74 Å². The van der Waals surface area contributed by atoms with Gasteiger partial charge in [0.15, 0.2) is 0 Å². The second-order valence-corrected chi connectivity index (χ2v) is 6.66. The fourth-order valence-corrected chi connectivity index (χ4v) is 3.46. The molecule has 1 saturated carbocycles. The average Bonchev–Trinajstić information content (AvgIpc) is 2.95. The van der Waals surface area contributed by atoms with Crippen molar-refractivity contribution in [2.45, 2.75) is 44.2 Å². The molecular weight excluding hydrogens is 334 g/mol. The monoisotopic (exact) mass is 359 g/mol. The Morgan fingerprint density at radius 1 is 1.38 bits per heavy atom. The van der Waals surface area contributed by atoms with E-state index in [0.717, 1.165) is 18.1 Å². The standard InChI is InChI=1S/C18H25N5O3/c1-11-19-17(23(2)22-11)12-7-8-16(24)15(9-12)21-18(25)20-13-5-4-6-14(10-13)26-3/h4-6,10,12,15-16,24H,7-9H2,1-3H3,(H2,20,21,25)/t12-,15+,16+/m0/s1. The second-order valence-electron chi connectivity index (χ2n) is 6.66. The summed E-state index contributed by atoms with van der Waals surface area (Å²) >= 11 is 0. The van der Waals surface area contributed by atoms with Gasteiger partial charge in [-0.15, -0.1) is 0 Å². The number of aryl methyl sites for hydroxylation is 2. The van der Waals surface area contributed by atoms with Gasteiger partial charge in [-0.2, -0.15) is 5.10 Å². The fourth-order valence-electron chi connectivity index (χ4n) is 3.46. The van der Waals surface area contributed by atoms with Gasteiger partial charge in [0.05, 0.1) is 19.3 Å². The average molecular weight is 359 g/mol. The predicted molar refractivity (Wildman–Crippen MR) is 97.3 cm³/mol. The van der Waals surface area contributed by atoms with Gasteiger partial charge in [-0.05, 0) is 38.3 Å². The van der Waals surface area contributed by atoms with Crippen LogP contribution >= 0.6 is 0 Å². The van der Waals surface area contributed by atoms with Crippen molar-refractivity contribution < 1.29 is 14.6 Å². The first-order valence-electron chi connectivity index (χ1n) is 8.73. The van der Waals surface area contributed by atoms with Crippen molar-refractivity contribution in [1.82, 2.24) is 20.1 Å². The molecule has 1 fully saturated rings. The number of benzene rings is 1. The number of methoxy groups -OCH3 is 1. The summed E-state index contributed by atoms with van der Waals surface area (Å²) in [5.41, 5.74) is 0.632. The number of anilines is 1. The van der Waals surface area contributed by atoms with E-state index in [1.54, 1.807) is 36.1 Å². The number of hydrogen-bond donors (Lipinski definition) is 3. The van der Waals surface area contributed by atoms with Crippen molar-refractivity contribution in [2.24, 2.45) is 7.05 Å². The maximum atomic E-state index is 12.3. The van der Waals surface area contributed by atoms with Crippen molar-refractivity contribution in [3.63, 3.8) is 0 Å². The molecule has 1 aliphatic carbocycles. The number of nitrogens with one attached hydrogen (secondary N) is 2. The van der Waals surface area contributed by atoms with Crippen LogP contribution in [0.2, 0.25) is 0 Å². The molecule has 140 valence electrons. The summed E-state index contributed by atoms with van der Waals surface area (Å²) in [7, 11) is 3.45. The number of ether oxygens (including phenoxy) is 1. The summed E-state index contributed by atoms with van der Waals surface area (Å²) in [5.74, 6) is 2.45. The molecular formula is C18H25N5O3. The molecule has 8 nitrogen and oxygen atoms in total. The maximum absolute atomic E-state index is 12.3. The van der Waals surface area contributed by atoms with Gasteiger partial charge in [-0.1, -0.05) is 6.07 Å². The Morgan fingerprint density at radius 3 is 2.88 bits per heavy atom. The predicted octanol–water partition coefficient (Wildman–Crippen LogP) is 1.95. The first kappa shape index (κ1) is 18.2. The van der Waals surface area contributed by atoms with Gasteiger partial charge in [0.2, 0.25) is 0 Å². The minimum Gasteiger partial charge on any atom is -0.497 e. The zero-order chi connectivity index (χ0) is 18.7. The Morgan fingerprint density at radius 2 is 2.19 bits per heavy atom. The molecule has 0 unspecified atom stereocenters. The van der Waals surface area contributed by atoms with Crippen molar-refractivity contribution in [3.8, 4) is 5.75 Å². The van der Waals surface area contributed by atoms with E-state index >= 15 is 0 Å². The zero-order valence-corrected chi connectivity index (χ0v) is 15.3. The lowest BCUT2D eigenvalue weighted by Gasteiger charge is -2.33.